The van der Waals surface area contributed by atoms with Gasteiger partial charge >= 0.3 is 11.8 Å². The van der Waals surface area contributed by atoms with Crippen molar-refractivity contribution in [3.63, 3.8) is 0 Å². The van der Waals surface area contributed by atoms with E-state index in [4.69, 9.17) is 4.74 Å². The number of imide groups is 1. The third kappa shape index (κ3) is 1.99. The average Bonchev–Trinajstić information content (AvgIpc) is 2.74. The van der Waals surface area contributed by atoms with Crippen molar-refractivity contribution in [2.24, 2.45) is 5.22 Å². The lowest BCUT2D eigenvalue weighted by Crippen LogP contribution is -2.42. The van der Waals surface area contributed by atoms with Crippen LogP contribution in [0.4, 0.5) is 0 Å². The van der Waals surface area contributed by atoms with Crippen molar-refractivity contribution in [2.45, 2.75) is 0 Å². The van der Waals surface area contributed by atoms with E-state index in [9.17, 15) is 14.8 Å². The molecule has 0 aliphatic carbocycles. The Labute approximate surface area is 114 Å². The molecule has 0 aromatic heterocycles. The van der Waals surface area contributed by atoms with Gasteiger partial charge in [0.25, 0.3) is 0 Å². The van der Waals surface area contributed by atoms with E-state index in [0.717, 1.165) is 0 Å². The van der Waals surface area contributed by atoms with Crippen LogP contribution >= 0.6 is 0 Å². The summed E-state index contributed by atoms with van der Waals surface area (Å²) in [6.45, 7) is 1.57. The highest BCUT2D eigenvalue weighted by atomic mass is 16.6. The molecule has 1 saturated heterocycles. The maximum Gasteiger partial charge on any atom is 0.370 e. The standard InChI is InChI=1S/C12H12N4O4/c17-11-9-3-1-2-4-10(9)12(18)15(11)13-16(19)14-5-7-20-8-6-14/h1-4H,5-8H2. The number of carbonyl (C=O) groups excluding carboxylic acids is 2. The van der Waals surface area contributed by atoms with Gasteiger partial charge < -0.3 is 9.94 Å². The molecule has 2 aliphatic heterocycles. The first-order chi connectivity index (χ1) is 9.68. The van der Waals surface area contributed by atoms with Gasteiger partial charge in [-0.25, -0.2) is 14.6 Å². The molecular formula is C12H12N4O4. The van der Waals surface area contributed by atoms with Crippen LogP contribution < -0.4 is 0 Å². The van der Waals surface area contributed by atoms with Crippen LogP contribution in [0.3, 0.4) is 0 Å². The molecule has 0 radical (unpaired) electrons. The lowest BCUT2D eigenvalue weighted by Gasteiger charge is -2.27. The topological polar surface area (TPSA) is 88.3 Å². The van der Waals surface area contributed by atoms with E-state index in [-0.39, 0.29) is 16.1 Å². The SMILES string of the molecule is O=C1c2ccccc2C(=O)N1N=[N+]([O-])N1CCOCC1. The van der Waals surface area contributed by atoms with Gasteiger partial charge in [-0.3, -0.25) is 0 Å². The normalized spacial score (nSPS) is 19.5. The van der Waals surface area contributed by atoms with E-state index in [2.05, 4.69) is 5.22 Å². The van der Waals surface area contributed by atoms with Crippen LogP contribution in [-0.4, -0.2) is 53.1 Å². The molecule has 1 fully saturated rings. The quantitative estimate of drug-likeness (QED) is 0.338. The zero-order valence-electron chi connectivity index (χ0n) is 10.6. The summed E-state index contributed by atoms with van der Waals surface area (Å²) in [6.07, 6.45) is 0. The third-order valence-corrected chi connectivity index (χ3v) is 3.17. The molecule has 8 heteroatoms. The number of hydrogen-bond acceptors (Lipinski definition) is 5. The fourth-order valence-corrected chi connectivity index (χ4v) is 2.12. The minimum atomic E-state index is -0.584. The number of nitrogens with zero attached hydrogens (tertiary/aromatic N) is 4. The molecule has 1 aromatic rings. The molecule has 2 heterocycles. The van der Waals surface area contributed by atoms with E-state index in [1.54, 1.807) is 12.1 Å². The summed E-state index contributed by atoms with van der Waals surface area (Å²) in [5, 5.41) is 17.4. The Balaban J connectivity index is 1.85. The van der Waals surface area contributed by atoms with Crippen molar-refractivity contribution in [2.75, 3.05) is 26.3 Å². The van der Waals surface area contributed by atoms with Crippen molar-refractivity contribution >= 4 is 11.8 Å². The van der Waals surface area contributed by atoms with Crippen LogP contribution in [0.1, 0.15) is 20.7 Å². The second-order valence-electron chi connectivity index (χ2n) is 4.38. The van der Waals surface area contributed by atoms with Crippen molar-refractivity contribution in [3.05, 3.63) is 40.6 Å². The number of carbonyl (C=O) groups is 2. The molecule has 20 heavy (non-hydrogen) atoms. The van der Waals surface area contributed by atoms with Crippen LogP contribution in [-0.2, 0) is 4.74 Å². The second-order valence-corrected chi connectivity index (χ2v) is 4.38. The number of hydrogen-bond donors (Lipinski definition) is 0. The van der Waals surface area contributed by atoms with Crippen LogP contribution in [0.15, 0.2) is 29.5 Å². The van der Waals surface area contributed by atoms with E-state index in [1.807, 2.05) is 0 Å². The average molecular weight is 276 g/mol. The van der Waals surface area contributed by atoms with Gasteiger partial charge in [-0.05, 0) is 17.1 Å². The fraction of sp³-hybridized carbons (Fsp3) is 0.333. The maximum atomic E-state index is 12.0. The number of hydrazine groups is 1. The van der Waals surface area contributed by atoms with Crippen molar-refractivity contribution in [3.8, 4) is 0 Å². The van der Waals surface area contributed by atoms with Crippen LogP contribution in [0.2, 0.25) is 0 Å². The summed E-state index contributed by atoms with van der Waals surface area (Å²) in [5.74, 6) is -1.17. The first-order valence-corrected chi connectivity index (χ1v) is 6.18. The highest BCUT2D eigenvalue weighted by Crippen LogP contribution is 2.22. The minimum absolute atomic E-state index is 0.261. The number of ether oxygens (including phenoxy) is 1. The van der Waals surface area contributed by atoms with Crippen LogP contribution in [0, 0.1) is 5.21 Å². The summed E-state index contributed by atoms with van der Waals surface area (Å²) in [7, 11) is 0. The predicted octanol–water partition coefficient (Wildman–Crippen LogP) is 0.407. The summed E-state index contributed by atoms with van der Waals surface area (Å²) in [5.41, 5.74) is 0.522. The van der Waals surface area contributed by atoms with Gasteiger partial charge in [-0.1, -0.05) is 17.1 Å². The second kappa shape index (κ2) is 4.89. The molecule has 0 atom stereocenters. The predicted molar refractivity (Wildman–Crippen MR) is 65.4 cm³/mol. The van der Waals surface area contributed by atoms with Gasteiger partial charge in [0.05, 0.1) is 37.4 Å². The highest BCUT2D eigenvalue weighted by molar-refractivity contribution is 6.20. The number of benzene rings is 1. The molecule has 104 valence electrons. The smallest absolute Gasteiger partial charge is 0.370 e. The van der Waals surface area contributed by atoms with Gasteiger partial charge in [0, 0.05) is 0 Å². The first-order valence-electron chi connectivity index (χ1n) is 6.18. The Hall–Kier alpha value is -2.48. The van der Waals surface area contributed by atoms with Crippen LogP contribution in [0.25, 0.3) is 0 Å². The molecule has 0 N–H and O–H groups in total. The number of morpholine rings is 1. The third-order valence-electron chi connectivity index (χ3n) is 3.17. The molecule has 2 amide bonds. The molecule has 0 saturated carbocycles. The fourth-order valence-electron chi connectivity index (χ4n) is 2.12. The van der Waals surface area contributed by atoms with E-state index in [1.165, 1.54) is 17.1 Å². The first kappa shape index (κ1) is 12.5. The molecular weight excluding hydrogens is 264 g/mol. The van der Waals surface area contributed by atoms with Gasteiger partial charge in [0.1, 0.15) is 5.22 Å². The zero-order valence-corrected chi connectivity index (χ0v) is 10.6. The largest absolute Gasteiger partial charge is 0.673 e. The molecule has 2 aliphatic rings. The summed E-state index contributed by atoms with van der Waals surface area (Å²) in [4.78, 5) is 24.3. The Morgan fingerprint density at radius 1 is 1.10 bits per heavy atom. The Morgan fingerprint density at radius 2 is 1.65 bits per heavy atom. The lowest BCUT2D eigenvalue weighted by atomic mass is 10.1. The number of rotatable bonds is 2. The van der Waals surface area contributed by atoms with Crippen LogP contribution in [0.5, 0.6) is 0 Å². The minimum Gasteiger partial charge on any atom is -0.673 e. The Morgan fingerprint density at radius 3 is 2.20 bits per heavy atom. The lowest BCUT2D eigenvalue weighted by molar-refractivity contribution is -0.703. The molecule has 3 rings (SSSR count). The van der Waals surface area contributed by atoms with E-state index in [0.29, 0.717) is 31.3 Å². The van der Waals surface area contributed by atoms with Gasteiger partial charge in [0.15, 0.2) is 0 Å². The molecule has 0 bridgehead atoms. The Kier molecular flexibility index (Phi) is 3.07. The number of fused-ring (bicyclic) bond motifs is 1. The van der Waals surface area contributed by atoms with E-state index < -0.39 is 11.8 Å². The maximum absolute atomic E-state index is 12.0. The molecule has 8 nitrogen and oxygen atoms in total. The summed E-state index contributed by atoms with van der Waals surface area (Å²) in [6, 6.07) is 6.39. The molecule has 1 aromatic carbocycles. The Bertz CT molecular complexity index is 560. The van der Waals surface area contributed by atoms with E-state index >= 15 is 0 Å². The molecule has 0 spiro atoms. The summed E-state index contributed by atoms with van der Waals surface area (Å²) < 4.78 is 5.12. The van der Waals surface area contributed by atoms with Gasteiger partial charge in [-0.15, -0.1) is 0 Å². The van der Waals surface area contributed by atoms with Gasteiger partial charge in [-0.2, -0.15) is 0 Å². The monoisotopic (exact) mass is 276 g/mol. The number of amides is 2. The van der Waals surface area contributed by atoms with Crippen molar-refractivity contribution in [1.29, 1.82) is 0 Å². The van der Waals surface area contributed by atoms with Crippen molar-refractivity contribution in [1.82, 2.24) is 10.0 Å². The zero-order chi connectivity index (χ0) is 14.1. The summed E-state index contributed by atoms with van der Waals surface area (Å²) >= 11 is 0. The highest BCUT2D eigenvalue weighted by Gasteiger charge is 2.43. The van der Waals surface area contributed by atoms with Gasteiger partial charge in [0.2, 0.25) is 0 Å². The van der Waals surface area contributed by atoms with Crippen molar-refractivity contribution < 1.29 is 19.3 Å². The molecule has 0 unspecified atom stereocenters.